The van der Waals surface area contributed by atoms with Crippen LogP contribution in [0.5, 0.6) is 0 Å². The summed E-state index contributed by atoms with van der Waals surface area (Å²) in [6, 6.07) is 12.7. The van der Waals surface area contributed by atoms with Crippen molar-refractivity contribution in [3.05, 3.63) is 47.7 Å². The fraction of sp³-hybridized carbons (Fsp3) is 0.0714. The zero-order chi connectivity index (χ0) is 13.7. The molecular formula is C14H11N5. The predicted octanol–water partition coefficient (Wildman–Crippen LogP) is 2.61. The lowest BCUT2D eigenvalue weighted by atomic mass is 10.1. The number of hydrogen-bond acceptors (Lipinski definition) is 5. The molecule has 0 fully saturated rings. The molecule has 0 unspecified atom stereocenters. The predicted molar refractivity (Wildman–Crippen MR) is 72.9 cm³/mol. The monoisotopic (exact) mass is 249 g/mol. The number of nitriles is 2. The fourth-order valence-corrected chi connectivity index (χ4v) is 1.62. The highest BCUT2D eigenvalue weighted by Gasteiger charge is 2.03. The Balaban J connectivity index is 2.29. The maximum absolute atomic E-state index is 8.97. The fourth-order valence-electron chi connectivity index (χ4n) is 1.62. The van der Waals surface area contributed by atoms with Crippen LogP contribution in [0.15, 0.2) is 36.5 Å². The SMILES string of the molecule is CNc1cc(Nc2ccc(C#N)c(C#N)c2)ccn1. The van der Waals surface area contributed by atoms with Gasteiger partial charge in [0.05, 0.1) is 11.1 Å². The molecule has 0 bridgehead atoms. The largest absolute Gasteiger partial charge is 0.373 e. The Morgan fingerprint density at radius 1 is 1.00 bits per heavy atom. The minimum Gasteiger partial charge on any atom is -0.373 e. The van der Waals surface area contributed by atoms with Crippen molar-refractivity contribution >= 4 is 17.2 Å². The zero-order valence-electron chi connectivity index (χ0n) is 10.3. The summed E-state index contributed by atoms with van der Waals surface area (Å²) in [6.45, 7) is 0. The van der Waals surface area contributed by atoms with E-state index in [0.29, 0.717) is 11.1 Å². The van der Waals surface area contributed by atoms with Crippen molar-refractivity contribution in [3.63, 3.8) is 0 Å². The topological polar surface area (TPSA) is 84.5 Å². The van der Waals surface area contributed by atoms with E-state index < -0.39 is 0 Å². The molecular weight excluding hydrogens is 238 g/mol. The van der Waals surface area contributed by atoms with E-state index in [0.717, 1.165) is 17.2 Å². The average Bonchev–Trinajstić information content (AvgIpc) is 2.47. The number of nitrogens with zero attached hydrogens (tertiary/aromatic N) is 3. The Labute approximate surface area is 111 Å². The highest BCUT2D eigenvalue weighted by Crippen LogP contribution is 2.20. The van der Waals surface area contributed by atoms with E-state index in [-0.39, 0.29) is 0 Å². The maximum atomic E-state index is 8.97. The van der Waals surface area contributed by atoms with Crippen LogP contribution in [0.1, 0.15) is 11.1 Å². The molecule has 0 amide bonds. The second kappa shape index (κ2) is 5.52. The molecule has 19 heavy (non-hydrogen) atoms. The van der Waals surface area contributed by atoms with Gasteiger partial charge in [0.15, 0.2) is 0 Å². The average molecular weight is 249 g/mol. The van der Waals surface area contributed by atoms with Gasteiger partial charge in [-0.1, -0.05) is 0 Å². The Hall–Kier alpha value is -3.05. The molecule has 1 heterocycles. The maximum Gasteiger partial charge on any atom is 0.127 e. The summed E-state index contributed by atoms with van der Waals surface area (Å²) in [7, 11) is 1.79. The number of rotatable bonds is 3. The molecule has 2 N–H and O–H groups in total. The van der Waals surface area contributed by atoms with Crippen molar-refractivity contribution in [2.75, 3.05) is 17.7 Å². The highest BCUT2D eigenvalue weighted by molar-refractivity contribution is 5.65. The molecule has 5 heteroatoms. The molecule has 0 saturated carbocycles. The van der Waals surface area contributed by atoms with Gasteiger partial charge in [-0.25, -0.2) is 4.98 Å². The molecule has 0 atom stereocenters. The van der Waals surface area contributed by atoms with Gasteiger partial charge >= 0.3 is 0 Å². The summed E-state index contributed by atoms with van der Waals surface area (Å²) in [5.41, 5.74) is 2.34. The number of hydrogen-bond donors (Lipinski definition) is 2. The Kier molecular flexibility index (Phi) is 3.61. The lowest BCUT2D eigenvalue weighted by Gasteiger charge is -2.08. The summed E-state index contributed by atoms with van der Waals surface area (Å²) in [5, 5.41) is 23.9. The first-order chi connectivity index (χ1) is 9.26. The minimum atomic E-state index is 0.357. The van der Waals surface area contributed by atoms with E-state index >= 15 is 0 Å². The smallest absolute Gasteiger partial charge is 0.127 e. The van der Waals surface area contributed by atoms with E-state index in [1.54, 1.807) is 31.4 Å². The zero-order valence-corrected chi connectivity index (χ0v) is 10.3. The molecule has 5 nitrogen and oxygen atoms in total. The van der Waals surface area contributed by atoms with Crippen LogP contribution in [0.2, 0.25) is 0 Å². The molecule has 2 rings (SSSR count). The van der Waals surface area contributed by atoms with Crippen LogP contribution in [0.25, 0.3) is 0 Å². The van der Waals surface area contributed by atoms with Gasteiger partial charge in [0.2, 0.25) is 0 Å². The summed E-state index contributed by atoms with van der Waals surface area (Å²) in [6.07, 6.45) is 1.68. The van der Waals surface area contributed by atoms with E-state index in [1.807, 2.05) is 24.3 Å². The number of pyridine rings is 1. The van der Waals surface area contributed by atoms with Crippen LogP contribution in [-0.2, 0) is 0 Å². The van der Waals surface area contributed by atoms with Gasteiger partial charge in [0, 0.05) is 30.7 Å². The first-order valence-corrected chi connectivity index (χ1v) is 5.62. The van der Waals surface area contributed by atoms with Crippen LogP contribution in [0.4, 0.5) is 17.2 Å². The van der Waals surface area contributed by atoms with Gasteiger partial charge in [-0.2, -0.15) is 10.5 Å². The molecule has 0 aliphatic carbocycles. The van der Waals surface area contributed by atoms with Gasteiger partial charge in [-0.3, -0.25) is 0 Å². The molecule has 0 aliphatic rings. The third kappa shape index (κ3) is 2.80. The van der Waals surface area contributed by atoms with E-state index in [1.165, 1.54) is 0 Å². The molecule has 0 radical (unpaired) electrons. The molecule has 0 saturated heterocycles. The van der Waals surface area contributed by atoms with Crippen molar-refractivity contribution in [1.29, 1.82) is 10.5 Å². The van der Waals surface area contributed by atoms with Gasteiger partial charge in [0.25, 0.3) is 0 Å². The lowest BCUT2D eigenvalue weighted by molar-refractivity contribution is 1.28. The molecule has 0 spiro atoms. The van der Waals surface area contributed by atoms with Crippen molar-refractivity contribution in [2.24, 2.45) is 0 Å². The van der Waals surface area contributed by atoms with Gasteiger partial charge < -0.3 is 10.6 Å². The minimum absolute atomic E-state index is 0.357. The number of aromatic nitrogens is 1. The van der Waals surface area contributed by atoms with Crippen LogP contribution in [0.3, 0.4) is 0 Å². The van der Waals surface area contributed by atoms with Gasteiger partial charge in [-0.15, -0.1) is 0 Å². The second-order valence-electron chi connectivity index (χ2n) is 3.79. The normalized spacial score (nSPS) is 9.21. The number of anilines is 3. The third-order valence-corrected chi connectivity index (χ3v) is 2.57. The Morgan fingerprint density at radius 2 is 1.74 bits per heavy atom. The first-order valence-electron chi connectivity index (χ1n) is 5.62. The molecule has 0 aliphatic heterocycles. The lowest BCUT2D eigenvalue weighted by Crippen LogP contribution is -1.96. The van der Waals surface area contributed by atoms with E-state index in [2.05, 4.69) is 15.6 Å². The summed E-state index contributed by atoms with van der Waals surface area (Å²) in [4.78, 5) is 4.11. The first kappa shape index (κ1) is 12.4. The quantitative estimate of drug-likeness (QED) is 0.873. The Morgan fingerprint density at radius 3 is 2.42 bits per heavy atom. The second-order valence-corrected chi connectivity index (χ2v) is 3.79. The third-order valence-electron chi connectivity index (χ3n) is 2.57. The number of nitrogens with one attached hydrogen (secondary N) is 2. The summed E-state index contributed by atoms with van der Waals surface area (Å²) < 4.78 is 0. The van der Waals surface area contributed by atoms with Crippen LogP contribution in [-0.4, -0.2) is 12.0 Å². The van der Waals surface area contributed by atoms with E-state index in [9.17, 15) is 0 Å². The van der Waals surface area contributed by atoms with Crippen molar-refractivity contribution in [3.8, 4) is 12.1 Å². The summed E-state index contributed by atoms with van der Waals surface area (Å²) >= 11 is 0. The van der Waals surface area contributed by atoms with Crippen LogP contribution in [0, 0.1) is 22.7 Å². The molecule has 1 aromatic heterocycles. The van der Waals surface area contributed by atoms with Gasteiger partial charge in [-0.05, 0) is 24.3 Å². The van der Waals surface area contributed by atoms with Crippen molar-refractivity contribution in [1.82, 2.24) is 4.98 Å². The standard InChI is InChI=1S/C14H11N5/c1-17-14-7-13(4-5-18-14)19-12-3-2-10(8-15)11(6-12)9-16/h2-7H,1H3,(H2,17,18,19). The summed E-state index contributed by atoms with van der Waals surface area (Å²) in [5.74, 6) is 0.749. The van der Waals surface area contributed by atoms with Gasteiger partial charge in [0.1, 0.15) is 18.0 Å². The Bertz CT molecular complexity index is 679. The highest BCUT2D eigenvalue weighted by atomic mass is 15.0. The van der Waals surface area contributed by atoms with Crippen LogP contribution < -0.4 is 10.6 Å². The van der Waals surface area contributed by atoms with E-state index in [4.69, 9.17) is 10.5 Å². The van der Waals surface area contributed by atoms with Crippen LogP contribution >= 0.6 is 0 Å². The number of benzene rings is 1. The molecule has 2 aromatic rings. The van der Waals surface area contributed by atoms with Crippen molar-refractivity contribution in [2.45, 2.75) is 0 Å². The van der Waals surface area contributed by atoms with Crippen molar-refractivity contribution < 1.29 is 0 Å². The molecule has 92 valence electrons. The molecule has 1 aromatic carbocycles.